The molecule has 0 aromatic heterocycles. The Labute approximate surface area is 96.7 Å². The molecule has 0 bridgehead atoms. The molecule has 1 aliphatic rings. The number of nitrogens with one attached hydrogen (secondary N) is 1. The largest absolute Gasteiger partial charge is 0.369 e. The zero-order valence-electron chi connectivity index (χ0n) is 9.66. The SMILES string of the molecule is Cc1ccc(N2CCCNCC2)c(C#N)c1. The Hall–Kier alpha value is -1.53. The lowest BCUT2D eigenvalue weighted by Gasteiger charge is -2.23. The summed E-state index contributed by atoms with van der Waals surface area (Å²) in [5, 5.41) is 12.5. The van der Waals surface area contributed by atoms with Crippen molar-refractivity contribution < 1.29 is 0 Å². The minimum Gasteiger partial charge on any atom is -0.369 e. The zero-order chi connectivity index (χ0) is 11.4. The molecule has 1 aromatic carbocycles. The first-order chi connectivity index (χ1) is 7.81. The van der Waals surface area contributed by atoms with Crippen LogP contribution in [0.4, 0.5) is 5.69 Å². The van der Waals surface area contributed by atoms with Gasteiger partial charge >= 0.3 is 0 Å². The van der Waals surface area contributed by atoms with Crippen molar-refractivity contribution in [1.29, 1.82) is 5.26 Å². The van der Waals surface area contributed by atoms with E-state index in [1.54, 1.807) is 0 Å². The average molecular weight is 215 g/mol. The second kappa shape index (κ2) is 5.00. The van der Waals surface area contributed by atoms with Gasteiger partial charge in [-0.05, 0) is 37.6 Å². The molecule has 1 fully saturated rings. The first kappa shape index (κ1) is 11.0. The van der Waals surface area contributed by atoms with E-state index in [-0.39, 0.29) is 0 Å². The lowest BCUT2D eigenvalue weighted by atomic mass is 10.1. The first-order valence-electron chi connectivity index (χ1n) is 5.77. The molecular formula is C13H17N3. The van der Waals surface area contributed by atoms with E-state index in [1.165, 1.54) is 0 Å². The molecule has 1 heterocycles. The average Bonchev–Trinajstić information content (AvgIpc) is 2.57. The maximum absolute atomic E-state index is 9.15. The Kier molecular flexibility index (Phi) is 3.43. The lowest BCUT2D eigenvalue weighted by Crippen LogP contribution is -2.28. The van der Waals surface area contributed by atoms with E-state index in [9.17, 15) is 0 Å². The van der Waals surface area contributed by atoms with Crippen LogP contribution in [0.5, 0.6) is 0 Å². The fourth-order valence-corrected chi connectivity index (χ4v) is 2.10. The van der Waals surface area contributed by atoms with Gasteiger partial charge in [-0.2, -0.15) is 5.26 Å². The van der Waals surface area contributed by atoms with Crippen molar-refractivity contribution in [3.63, 3.8) is 0 Å². The summed E-state index contributed by atoms with van der Waals surface area (Å²) in [6.07, 6.45) is 1.14. The molecule has 3 heteroatoms. The molecule has 0 aliphatic carbocycles. The van der Waals surface area contributed by atoms with Gasteiger partial charge in [-0.25, -0.2) is 0 Å². The second-order valence-corrected chi connectivity index (χ2v) is 4.22. The van der Waals surface area contributed by atoms with E-state index in [2.05, 4.69) is 28.4 Å². The zero-order valence-corrected chi connectivity index (χ0v) is 9.66. The van der Waals surface area contributed by atoms with Crippen LogP contribution in [0.25, 0.3) is 0 Å². The smallest absolute Gasteiger partial charge is 0.101 e. The van der Waals surface area contributed by atoms with Crippen molar-refractivity contribution in [2.45, 2.75) is 13.3 Å². The number of anilines is 1. The standard InChI is InChI=1S/C13H17N3/c1-11-3-4-13(12(9-11)10-14)16-7-2-5-15-6-8-16/h3-4,9,15H,2,5-8H2,1H3. The molecule has 3 nitrogen and oxygen atoms in total. The van der Waals surface area contributed by atoms with Gasteiger partial charge in [0, 0.05) is 19.6 Å². The summed E-state index contributed by atoms with van der Waals surface area (Å²) in [5.41, 5.74) is 3.02. The third kappa shape index (κ3) is 2.34. The number of benzene rings is 1. The Bertz CT molecular complexity index is 398. The topological polar surface area (TPSA) is 39.1 Å². The molecule has 0 atom stereocenters. The summed E-state index contributed by atoms with van der Waals surface area (Å²) in [6.45, 7) is 6.11. The van der Waals surface area contributed by atoms with Crippen molar-refractivity contribution >= 4 is 5.69 Å². The number of rotatable bonds is 1. The molecule has 0 spiro atoms. The van der Waals surface area contributed by atoms with E-state index in [0.717, 1.165) is 49.4 Å². The lowest BCUT2D eigenvalue weighted by molar-refractivity contribution is 0.724. The van der Waals surface area contributed by atoms with E-state index in [0.29, 0.717) is 0 Å². The van der Waals surface area contributed by atoms with E-state index in [4.69, 9.17) is 5.26 Å². The molecule has 0 radical (unpaired) electrons. The summed E-state index contributed by atoms with van der Waals surface area (Å²) in [6, 6.07) is 8.40. The summed E-state index contributed by atoms with van der Waals surface area (Å²) < 4.78 is 0. The van der Waals surface area contributed by atoms with Gasteiger partial charge in [-0.15, -0.1) is 0 Å². The van der Waals surface area contributed by atoms with Gasteiger partial charge in [-0.3, -0.25) is 0 Å². The van der Waals surface area contributed by atoms with Crippen LogP contribution in [0.1, 0.15) is 17.5 Å². The van der Waals surface area contributed by atoms with Gasteiger partial charge in [-0.1, -0.05) is 6.07 Å². The minimum absolute atomic E-state index is 0.793. The molecule has 0 unspecified atom stereocenters. The van der Waals surface area contributed by atoms with Gasteiger partial charge in [0.25, 0.3) is 0 Å². The van der Waals surface area contributed by atoms with Crippen LogP contribution in [-0.2, 0) is 0 Å². The van der Waals surface area contributed by atoms with Crippen molar-refractivity contribution in [3.05, 3.63) is 29.3 Å². The monoisotopic (exact) mass is 215 g/mol. The van der Waals surface area contributed by atoms with Gasteiger partial charge in [0.05, 0.1) is 11.3 Å². The maximum atomic E-state index is 9.15. The predicted molar refractivity (Wildman–Crippen MR) is 65.6 cm³/mol. The molecule has 1 saturated heterocycles. The molecule has 1 aliphatic heterocycles. The van der Waals surface area contributed by atoms with Crippen LogP contribution in [-0.4, -0.2) is 26.2 Å². The second-order valence-electron chi connectivity index (χ2n) is 4.22. The van der Waals surface area contributed by atoms with Crippen LogP contribution in [0.2, 0.25) is 0 Å². The van der Waals surface area contributed by atoms with Crippen LogP contribution < -0.4 is 10.2 Å². The molecule has 1 aromatic rings. The van der Waals surface area contributed by atoms with Crippen molar-refractivity contribution in [2.75, 3.05) is 31.1 Å². The molecule has 2 rings (SSSR count). The molecule has 0 saturated carbocycles. The van der Waals surface area contributed by atoms with Crippen LogP contribution >= 0.6 is 0 Å². The summed E-state index contributed by atoms with van der Waals surface area (Å²) in [4.78, 5) is 2.30. The number of nitriles is 1. The van der Waals surface area contributed by atoms with Crippen molar-refractivity contribution in [2.24, 2.45) is 0 Å². The third-order valence-corrected chi connectivity index (χ3v) is 2.95. The molecule has 84 valence electrons. The quantitative estimate of drug-likeness (QED) is 0.774. The number of hydrogen-bond donors (Lipinski definition) is 1. The number of nitrogens with zero attached hydrogens (tertiary/aromatic N) is 2. The summed E-state index contributed by atoms with van der Waals surface area (Å²) in [7, 11) is 0. The highest BCUT2D eigenvalue weighted by Crippen LogP contribution is 2.21. The number of hydrogen-bond acceptors (Lipinski definition) is 3. The Morgan fingerprint density at radius 1 is 1.31 bits per heavy atom. The van der Waals surface area contributed by atoms with Gasteiger partial charge in [0.2, 0.25) is 0 Å². The fourth-order valence-electron chi connectivity index (χ4n) is 2.10. The van der Waals surface area contributed by atoms with Crippen LogP contribution in [0.15, 0.2) is 18.2 Å². The van der Waals surface area contributed by atoms with Crippen molar-refractivity contribution in [3.8, 4) is 6.07 Å². The summed E-state index contributed by atoms with van der Waals surface area (Å²) >= 11 is 0. The maximum Gasteiger partial charge on any atom is 0.101 e. The van der Waals surface area contributed by atoms with Gasteiger partial charge < -0.3 is 10.2 Å². The minimum atomic E-state index is 0.793. The summed E-state index contributed by atoms with van der Waals surface area (Å²) in [5.74, 6) is 0. The normalized spacial score (nSPS) is 16.6. The predicted octanol–water partition coefficient (Wildman–Crippen LogP) is 1.67. The Morgan fingerprint density at radius 2 is 2.19 bits per heavy atom. The van der Waals surface area contributed by atoms with Crippen LogP contribution in [0.3, 0.4) is 0 Å². The highest BCUT2D eigenvalue weighted by atomic mass is 15.2. The first-order valence-corrected chi connectivity index (χ1v) is 5.77. The van der Waals surface area contributed by atoms with Crippen molar-refractivity contribution in [1.82, 2.24) is 5.32 Å². The number of aryl methyl sites for hydroxylation is 1. The van der Waals surface area contributed by atoms with E-state index in [1.807, 2.05) is 13.0 Å². The Morgan fingerprint density at radius 3 is 3.00 bits per heavy atom. The van der Waals surface area contributed by atoms with E-state index >= 15 is 0 Å². The molecule has 0 amide bonds. The molecule has 16 heavy (non-hydrogen) atoms. The van der Waals surface area contributed by atoms with Crippen LogP contribution in [0, 0.1) is 18.3 Å². The highest BCUT2D eigenvalue weighted by Gasteiger charge is 2.12. The van der Waals surface area contributed by atoms with E-state index < -0.39 is 0 Å². The molecule has 1 N–H and O–H groups in total. The van der Waals surface area contributed by atoms with Gasteiger partial charge in [0.15, 0.2) is 0 Å². The Balaban J connectivity index is 2.28. The fraction of sp³-hybridized carbons (Fsp3) is 0.462. The molecular weight excluding hydrogens is 198 g/mol. The highest BCUT2D eigenvalue weighted by molar-refractivity contribution is 5.60. The third-order valence-electron chi connectivity index (χ3n) is 2.95. The van der Waals surface area contributed by atoms with Gasteiger partial charge in [0.1, 0.15) is 6.07 Å².